The highest BCUT2D eigenvalue weighted by molar-refractivity contribution is 6.06. The normalized spacial score (nSPS) is 10.6. The molecule has 3 aromatic rings. The van der Waals surface area contributed by atoms with Crippen molar-refractivity contribution in [1.29, 1.82) is 0 Å². The molecular formula is C16H12N2O4. The Kier molecular flexibility index (Phi) is 3.67. The van der Waals surface area contributed by atoms with Crippen molar-refractivity contribution in [2.45, 2.75) is 6.61 Å². The third kappa shape index (κ3) is 2.59. The number of carboxylic acids is 1. The highest BCUT2D eigenvalue weighted by Gasteiger charge is 2.16. The number of carbonyl (C=O) groups is 1. The fraction of sp³-hybridized carbons (Fsp3) is 0.0625. The molecular weight excluding hydrogens is 284 g/mol. The van der Waals surface area contributed by atoms with Crippen LogP contribution in [0.4, 0.5) is 0 Å². The van der Waals surface area contributed by atoms with Gasteiger partial charge in [0, 0.05) is 6.07 Å². The second-order valence-electron chi connectivity index (χ2n) is 4.57. The molecule has 0 aliphatic rings. The number of rotatable bonds is 4. The summed E-state index contributed by atoms with van der Waals surface area (Å²) in [5.74, 6) is -0.714. The van der Waals surface area contributed by atoms with Crippen molar-refractivity contribution in [2.24, 2.45) is 0 Å². The zero-order valence-electron chi connectivity index (χ0n) is 11.4. The minimum atomic E-state index is -1.08. The molecule has 0 fully saturated rings. The zero-order valence-corrected chi connectivity index (χ0v) is 11.4. The first-order valence-electron chi connectivity index (χ1n) is 6.53. The van der Waals surface area contributed by atoms with Crippen LogP contribution in [0.25, 0.3) is 10.8 Å². The predicted octanol–water partition coefficient (Wildman–Crippen LogP) is 2.61. The fourth-order valence-corrected chi connectivity index (χ4v) is 2.19. The minimum absolute atomic E-state index is 0.0715. The lowest BCUT2D eigenvalue weighted by Gasteiger charge is -2.10. The number of benzene rings is 2. The lowest BCUT2D eigenvalue weighted by Crippen LogP contribution is -2.02. The maximum absolute atomic E-state index is 11.6. The summed E-state index contributed by atoms with van der Waals surface area (Å²) in [4.78, 5) is 19.4. The van der Waals surface area contributed by atoms with Crippen LogP contribution in [-0.2, 0) is 6.61 Å². The van der Waals surface area contributed by atoms with E-state index >= 15 is 0 Å². The summed E-state index contributed by atoms with van der Waals surface area (Å²) < 4.78 is 5.58. The summed E-state index contributed by atoms with van der Waals surface area (Å²) >= 11 is 0. The van der Waals surface area contributed by atoms with Crippen molar-refractivity contribution in [3.63, 3.8) is 0 Å². The maximum atomic E-state index is 11.6. The lowest BCUT2D eigenvalue weighted by molar-refractivity contribution is 0.0696. The number of carboxylic acid groups (broad SMARTS) is 1. The van der Waals surface area contributed by atoms with Crippen molar-refractivity contribution < 1.29 is 19.7 Å². The number of fused-ring (bicyclic) bond motifs is 1. The Bertz CT molecular complexity index is 848. The van der Waals surface area contributed by atoms with E-state index in [1.165, 1.54) is 12.4 Å². The Balaban J connectivity index is 2.10. The zero-order chi connectivity index (χ0) is 15.5. The Morgan fingerprint density at radius 2 is 1.95 bits per heavy atom. The average molecular weight is 296 g/mol. The van der Waals surface area contributed by atoms with Crippen LogP contribution >= 0.6 is 0 Å². The summed E-state index contributed by atoms with van der Waals surface area (Å²) in [5, 5.41) is 20.0. The standard InChI is InChI=1S/C16H12N2O4/c19-8-11-7-14(18-9-17-11)22-13-6-5-10-3-1-2-4-12(10)15(13)16(20)21/h1-7,9,19H,8H2,(H,20,21). The molecule has 6 nitrogen and oxygen atoms in total. The largest absolute Gasteiger partial charge is 0.478 e. The molecule has 3 rings (SSSR count). The number of aliphatic hydroxyl groups is 1. The molecule has 0 spiro atoms. The van der Waals surface area contributed by atoms with Crippen molar-refractivity contribution >= 4 is 16.7 Å². The molecule has 0 saturated heterocycles. The van der Waals surface area contributed by atoms with E-state index in [-0.39, 0.29) is 23.8 Å². The van der Waals surface area contributed by atoms with Gasteiger partial charge in [0.15, 0.2) is 0 Å². The number of aliphatic hydroxyl groups excluding tert-OH is 1. The Morgan fingerprint density at radius 1 is 1.14 bits per heavy atom. The molecule has 0 radical (unpaired) electrons. The topological polar surface area (TPSA) is 92.5 Å². The fourth-order valence-electron chi connectivity index (χ4n) is 2.19. The van der Waals surface area contributed by atoms with Gasteiger partial charge in [-0.25, -0.2) is 14.8 Å². The minimum Gasteiger partial charge on any atom is -0.478 e. The number of hydrogen-bond donors (Lipinski definition) is 2. The van der Waals surface area contributed by atoms with Crippen LogP contribution in [0.5, 0.6) is 11.6 Å². The van der Waals surface area contributed by atoms with Gasteiger partial charge in [0.05, 0.1) is 12.3 Å². The van der Waals surface area contributed by atoms with Gasteiger partial charge in [-0.1, -0.05) is 30.3 Å². The molecule has 0 aliphatic carbocycles. The summed E-state index contributed by atoms with van der Waals surface area (Å²) in [7, 11) is 0. The first-order valence-corrected chi connectivity index (χ1v) is 6.53. The SMILES string of the molecule is O=C(O)c1c(Oc2cc(CO)ncn2)ccc2ccccc12. The number of nitrogens with zero attached hydrogens (tertiary/aromatic N) is 2. The van der Waals surface area contributed by atoms with Crippen LogP contribution in [0.3, 0.4) is 0 Å². The molecule has 0 aliphatic heterocycles. The molecule has 1 aromatic heterocycles. The van der Waals surface area contributed by atoms with Crippen molar-refractivity contribution in [1.82, 2.24) is 9.97 Å². The Hall–Kier alpha value is -2.99. The summed E-state index contributed by atoms with van der Waals surface area (Å²) in [6.07, 6.45) is 1.25. The van der Waals surface area contributed by atoms with Crippen molar-refractivity contribution in [3.8, 4) is 11.6 Å². The number of aromatic nitrogens is 2. The van der Waals surface area contributed by atoms with Crippen molar-refractivity contribution in [3.05, 3.63) is 60.0 Å². The molecule has 22 heavy (non-hydrogen) atoms. The third-order valence-electron chi connectivity index (χ3n) is 3.18. The van der Waals surface area contributed by atoms with E-state index in [0.717, 1.165) is 5.39 Å². The van der Waals surface area contributed by atoms with Gasteiger partial charge in [0.2, 0.25) is 5.88 Å². The highest BCUT2D eigenvalue weighted by atomic mass is 16.5. The summed E-state index contributed by atoms with van der Waals surface area (Å²) in [5.41, 5.74) is 0.463. The molecule has 0 bridgehead atoms. The maximum Gasteiger partial charge on any atom is 0.340 e. The molecule has 110 valence electrons. The second-order valence-corrected chi connectivity index (χ2v) is 4.57. The highest BCUT2D eigenvalue weighted by Crippen LogP contribution is 2.31. The Morgan fingerprint density at radius 3 is 2.73 bits per heavy atom. The summed E-state index contributed by atoms with van der Waals surface area (Å²) in [6, 6.07) is 12.0. The predicted molar refractivity (Wildman–Crippen MR) is 78.9 cm³/mol. The Labute approximate surface area is 125 Å². The van der Waals surface area contributed by atoms with Gasteiger partial charge in [0.25, 0.3) is 0 Å². The number of hydrogen-bond acceptors (Lipinski definition) is 5. The van der Waals surface area contributed by atoms with E-state index < -0.39 is 5.97 Å². The molecule has 1 heterocycles. The summed E-state index contributed by atoms with van der Waals surface area (Å²) in [6.45, 7) is -0.248. The lowest BCUT2D eigenvalue weighted by atomic mass is 10.0. The van der Waals surface area contributed by atoms with Crippen LogP contribution in [0.1, 0.15) is 16.1 Å². The van der Waals surface area contributed by atoms with Gasteiger partial charge in [-0.3, -0.25) is 0 Å². The molecule has 0 saturated carbocycles. The van der Waals surface area contributed by atoms with Gasteiger partial charge >= 0.3 is 5.97 Å². The van der Waals surface area contributed by atoms with E-state index in [1.54, 1.807) is 24.3 Å². The van der Waals surface area contributed by atoms with E-state index in [2.05, 4.69) is 9.97 Å². The van der Waals surface area contributed by atoms with E-state index in [0.29, 0.717) is 11.1 Å². The van der Waals surface area contributed by atoms with E-state index in [1.807, 2.05) is 12.1 Å². The van der Waals surface area contributed by atoms with Gasteiger partial charge in [-0.2, -0.15) is 0 Å². The quantitative estimate of drug-likeness (QED) is 0.768. The van der Waals surface area contributed by atoms with Crippen LogP contribution in [0.2, 0.25) is 0 Å². The average Bonchev–Trinajstić information content (AvgIpc) is 2.54. The third-order valence-corrected chi connectivity index (χ3v) is 3.18. The van der Waals surface area contributed by atoms with Gasteiger partial charge in [-0.05, 0) is 16.8 Å². The first-order chi connectivity index (χ1) is 10.7. The first kappa shape index (κ1) is 14.0. The van der Waals surface area contributed by atoms with E-state index in [9.17, 15) is 9.90 Å². The van der Waals surface area contributed by atoms with Crippen molar-refractivity contribution in [2.75, 3.05) is 0 Å². The number of aromatic carboxylic acids is 1. The molecule has 2 N–H and O–H groups in total. The molecule has 0 atom stereocenters. The van der Waals surface area contributed by atoms with Gasteiger partial charge in [0.1, 0.15) is 17.6 Å². The molecule has 6 heteroatoms. The van der Waals surface area contributed by atoms with Crippen LogP contribution in [0, 0.1) is 0 Å². The number of ether oxygens (including phenoxy) is 1. The molecule has 2 aromatic carbocycles. The van der Waals surface area contributed by atoms with Gasteiger partial charge in [-0.15, -0.1) is 0 Å². The van der Waals surface area contributed by atoms with Crippen LogP contribution in [0.15, 0.2) is 48.8 Å². The monoisotopic (exact) mass is 296 g/mol. The van der Waals surface area contributed by atoms with Gasteiger partial charge < -0.3 is 14.9 Å². The molecule has 0 amide bonds. The smallest absolute Gasteiger partial charge is 0.340 e. The van der Waals surface area contributed by atoms with Crippen LogP contribution < -0.4 is 4.74 Å². The van der Waals surface area contributed by atoms with Crippen LogP contribution in [-0.4, -0.2) is 26.2 Å². The second kappa shape index (κ2) is 5.79. The molecule has 0 unspecified atom stereocenters. The van der Waals surface area contributed by atoms with E-state index in [4.69, 9.17) is 9.84 Å².